The number of carbonyl (C=O) groups is 3. The zero-order valence-corrected chi connectivity index (χ0v) is 24.9. The van der Waals surface area contributed by atoms with Gasteiger partial charge in [0.2, 0.25) is 5.91 Å². The maximum absolute atomic E-state index is 13.3. The number of amides is 3. The molecule has 0 fully saturated rings. The number of carbonyl (C=O) groups excluding carboxylic acids is 3. The summed E-state index contributed by atoms with van der Waals surface area (Å²) in [5, 5.41) is 8.57. The molecule has 4 aromatic rings. The maximum atomic E-state index is 13.3. The Labute approximate surface area is 251 Å². The fraction of sp³-hybridized carbons (Fsp3) is 0.147. The molecule has 0 spiro atoms. The molecule has 214 valence electrons. The molecule has 0 radical (unpaired) electrons. The van der Waals surface area contributed by atoms with Gasteiger partial charge in [-0.3, -0.25) is 14.4 Å². The second kappa shape index (κ2) is 14.2. The first-order valence-corrected chi connectivity index (χ1v) is 14.4. The van der Waals surface area contributed by atoms with Crippen molar-refractivity contribution < 1.29 is 14.4 Å². The molecular weight excluding hydrogens is 544 g/mol. The Bertz CT molecular complexity index is 1560. The first kappa shape index (κ1) is 30.1. The number of hydrogen-bond acceptors (Lipinski definition) is 5. The lowest BCUT2D eigenvalue weighted by Gasteiger charge is -2.13. The Morgan fingerprint density at radius 3 is 2.02 bits per heavy atom. The molecule has 0 unspecified atom stereocenters. The SMILES string of the molecule is Cc1cc(C)cc(NC(=O)CSc2ccc(NC(=O)/C(=C/c3ccc(N(C)C)cc3)NC(=O)c3ccccc3)cc2)c1. The van der Waals surface area contributed by atoms with Crippen LogP contribution in [0.3, 0.4) is 0 Å². The molecule has 0 aromatic heterocycles. The van der Waals surface area contributed by atoms with Crippen LogP contribution in [0.4, 0.5) is 17.1 Å². The molecule has 0 aliphatic rings. The summed E-state index contributed by atoms with van der Waals surface area (Å²) in [5.41, 5.74) is 5.88. The van der Waals surface area contributed by atoms with Gasteiger partial charge in [0, 0.05) is 41.6 Å². The van der Waals surface area contributed by atoms with E-state index in [1.165, 1.54) is 11.8 Å². The van der Waals surface area contributed by atoms with E-state index in [0.717, 1.165) is 33.0 Å². The smallest absolute Gasteiger partial charge is 0.272 e. The van der Waals surface area contributed by atoms with E-state index >= 15 is 0 Å². The van der Waals surface area contributed by atoms with Gasteiger partial charge in [-0.1, -0.05) is 36.4 Å². The third-order valence-electron chi connectivity index (χ3n) is 6.24. The Morgan fingerprint density at radius 2 is 1.40 bits per heavy atom. The Balaban J connectivity index is 1.42. The molecular formula is C34H34N4O3S. The van der Waals surface area contributed by atoms with Gasteiger partial charge in [0.1, 0.15) is 5.70 Å². The fourth-order valence-corrected chi connectivity index (χ4v) is 4.90. The van der Waals surface area contributed by atoms with Crippen LogP contribution in [0.15, 0.2) is 108 Å². The van der Waals surface area contributed by atoms with Gasteiger partial charge in [-0.15, -0.1) is 11.8 Å². The first-order valence-electron chi connectivity index (χ1n) is 13.4. The molecule has 42 heavy (non-hydrogen) atoms. The van der Waals surface area contributed by atoms with E-state index in [1.807, 2.05) is 87.4 Å². The van der Waals surface area contributed by atoms with Crippen molar-refractivity contribution in [1.82, 2.24) is 5.32 Å². The first-order chi connectivity index (χ1) is 20.2. The number of nitrogens with zero attached hydrogens (tertiary/aromatic N) is 1. The minimum Gasteiger partial charge on any atom is -0.378 e. The van der Waals surface area contributed by atoms with Crippen LogP contribution in [-0.4, -0.2) is 37.6 Å². The van der Waals surface area contributed by atoms with Crippen molar-refractivity contribution in [1.29, 1.82) is 0 Å². The number of benzene rings is 4. The highest BCUT2D eigenvalue weighted by Crippen LogP contribution is 2.22. The number of rotatable bonds is 10. The summed E-state index contributed by atoms with van der Waals surface area (Å²) in [5.74, 6) is -0.675. The van der Waals surface area contributed by atoms with Crippen molar-refractivity contribution in [2.45, 2.75) is 18.7 Å². The number of hydrogen-bond donors (Lipinski definition) is 3. The number of anilines is 3. The average Bonchev–Trinajstić information content (AvgIpc) is 2.96. The molecule has 4 rings (SSSR count). The highest BCUT2D eigenvalue weighted by Gasteiger charge is 2.15. The molecule has 3 amide bonds. The summed E-state index contributed by atoms with van der Waals surface area (Å²) < 4.78 is 0. The van der Waals surface area contributed by atoms with E-state index in [-0.39, 0.29) is 23.3 Å². The number of aryl methyl sites for hydroxylation is 2. The molecule has 7 nitrogen and oxygen atoms in total. The summed E-state index contributed by atoms with van der Waals surface area (Å²) in [6, 6.07) is 29.6. The quantitative estimate of drug-likeness (QED) is 0.147. The van der Waals surface area contributed by atoms with Crippen LogP contribution in [0.1, 0.15) is 27.0 Å². The molecule has 0 aliphatic heterocycles. The van der Waals surface area contributed by atoms with Crippen LogP contribution < -0.4 is 20.9 Å². The molecule has 0 bridgehead atoms. The molecule has 3 N–H and O–H groups in total. The second-order valence-corrected chi connectivity index (χ2v) is 11.1. The van der Waals surface area contributed by atoms with Gasteiger partial charge in [-0.2, -0.15) is 0 Å². The molecule has 8 heteroatoms. The van der Waals surface area contributed by atoms with Crippen LogP contribution >= 0.6 is 11.8 Å². The van der Waals surface area contributed by atoms with Crippen molar-refractivity contribution in [3.63, 3.8) is 0 Å². The fourth-order valence-electron chi connectivity index (χ4n) is 4.20. The minimum atomic E-state index is -0.454. The third-order valence-corrected chi connectivity index (χ3v) is 7.25. The monoisotopic (exact) mass is 578 g/mol. The predicted octanol–water partition coefficient (Wildman–Crippen LogP) is 6.51. The summed E-state index contributed by atoms with van der Waals surface area (Å²) in [6.45, 7) is 3.99. The molecule has 0 atom stereocenters. The topological polar surface area (TPSA) is 90.5 Å². The van der Waals surface area contributed by atoms with E-state index in [0.29, 0.717) is 11.3 Å². The zero-order chi connectivity index (χ0) is 30.1. The molecule has 0 saturated carbocycles. The lowest BCUT2D eigenvalue weighted by atomic mass is 10.1. The summed E-state index contributed by atoms with van der Waals surface area (Å²) >= 11 is 1.40. The van der Waals surface area contributed by atoms with Crippen LogP contribution in [0.25, 0.3) is 6.08 Å². The van der Waals surface area contributed by atoms with Gasteiger partial charge in [-0.05, 0) is 97.3 Å². The van der Waals surface area contributed by atoms with E-state index < -0.39 is 5.91 Å². The Hall–Kier alpha value is -4.82. The predicted molar refractivity (Wildman–Crippen MR) is 173 cm³/mol. The summed E-state index contributed by atoms with van der Waals surface area (Å²) in [7, 11) is 3.91. The molecule has 0 aliphatic carbocycles. The van der Waals surface area contributed by atoms with Crippen LogP contribution in [-0.2, 0) is 9.59 Å². The summed E-state index contributed by atoms with van der Waals surface area (Å²) in [4.78, 5) is 41.5. The number of thioether (sulfide) groups is 1. The van der Waals surface area contributed by atoms with E-state index in [4.69, 9.17) is 0 Å². The van der Waals surface area contributed by atoms with Gasteiger partial charge in [0.05, 0.1) is 5.75 Å². The van der Waals surface area contributed by atoms with Crippen molar-refractivity contribution in [3.05, 3.63) is 125 Å². The molecule has 0 saturated heterocycles. The normalized spacial score (nSPS) is 11.0. The summed E-state index contributed by atoms with van der Waals surface area (Å²) in [6.07, 6.45) is 1.65. The van der Waals surface area contributed by atoms with Crippen LogP contribution in [0, 0.1) is 13.8 Å². The van der Waals surface area contributed by atoms with Crippen LogP contribution in [0.5, 0.6) is 0 Å². The number of nitrogens with one attached hydrogen (secondary N) is 3. The van der Waals surface area contributed by atoms with E-state index in [1.54, 1.807) is 42.5 Å². The van der Waals surface area contributed by atoms with E-state index in [9.17, 15) is 14.4 Å². The Morgan fingerprint density at radius 1 is 0.762 bits per heavy atom. The minimum absolute atomic E-state index is 0.0927. The van der Waals surface area contributed by atoms with Crippen molar-refractivity contribution in [2.24, 2.45) is 0 Å². The second-order valence-electron chi connectivity index (χ2n) is 10.1. The van der Waals surface area contributed by atoms with Crippen LogP contribution in [0.2, 0.25) is 0 Å². The van der Waals surface area contributed by atoms with Crippen molar-refractivity contribution in [2.75, 3.05) is 35.4 Å². The van der Waals surface area contributed by atoms with Crippen molar-refractivity contribution in [3.8, 4) is 0 Å². The van der Waals surface area contributed by atoms with Gasteiger partial charge >= 0.3 is 0 Å². The van der Waals surface area contributed by atoms with Gasteiger partial charge in [0.25, 0.3) is 11.8 Å². The zero-order valence-electron chi connectivity index (χ0n) is 24.1. The Kier molecular flexibility index (Phi) is 10.2. The molecule has 0 heterocycles. The largest absolute Gasteiger partial charge is 0.378 e. The standard InChI is InChI=1S/C34H34N4O3S/c1-23-18-24(2)20-28(19-23)35-32(39)22-42-30-16-12-27(13-17-30)36-34(41)31(37-33(40)26-8-6-5-7-9-26)21-25-10-14-29(15-11-25)38(3)4/h5-21H,22H2,1-4H3,(H,35,39)(H,36,41)(H,37,40)/b31-21-. The molecule has 4 aromatic carbocycles. The van der Waals surface area contributed by atoms with Gasteiger partial charge in [-0.25, -0.2) is 0 Å². The van der Waals surface area contributed by atoms with Crippen molar-refractivity contribution >= 4 is 52.6 Å². The lowest BCUT2D eigenvalue weighted by molar-refractivity contribution is -0.114. The highest BCUT2D eigenvalue weighted by atomic mass is 32.2. The highest BCUT2D eigenvalue weighted by molar-refractivity contribution is 8.00. The van der Waals surface area contributed by atoms with Gasteiger partial charge < -0.3 is 20.9 Å². The third kappa shape index (κ3) is 8.84. The van der Waals surface area contributed by atoms with Gasteiger partial charge in [0.15, 0.2) is 0 Å². The average molecular weight is 579 g/mol. The van der Waals surface area contributed by atoms with E-state index in [2.05, 4.69) is 22.0 Å². The lowest BCUT2D eigenvalue weighted by Crippen LogP contribution is -2.30. The maximum Gasteiger partial charge on any atom is 0.272 e.